The van der Waals surface area contributed by atoms with Gasteiger partial charge in [0.1, 0.15) is 0 Å². The smallest absolute Gasteiger partial charge is 0.157 e. The van der Waals surface area contributed by atoms with Crippen LogP contribution in [0.4, 0.5) is 0 Å². The Morgan fingerprint density at radius 1 is 0.607 bits per heavy atom. The summed E-state index contributed by atoms with van der Waals surface area (Å²) in [7, 11) is 0. The van der Waals surface area contributed by atoms with Gasteiger partial charge in [-0.25, -0.2) is 0 Å². The Hall–Kier alpha value is 0.390. The van der Waals surface area contributed by atoms with Crippen LogP contribution < -0.4 is 0 Å². The molecular formula is C25H49IO2. The van der Waals surface area contributed by atoms with E-state index in [2.05, 4.69) is 48.6 Å². The van der Waals surface area contributed by atoms with E-state index >= 15 is 0 Å². The van der Waals surface area contributed by atoms with Crippen molar-refractivity contribution in [3.05, 3.63) is 12.2 Å². The lowest BCUT2D eigenvalue weighted by Crippen LogP contribution is -2.19. The number of halogens is 1. The molecule has 28 heavy (non-hydrogen) atoms. The second kappa shape index (κ2) is 25.4. The van der Waals surface area contributed by atoms with E-state index in [4.69, 9.17) is 9.47 Å². The molecule has 0 unspecified atom stereocenters. The summed E-state index contributed by atoms with van der Waals surface area (Å²) in [5.74, 6) is 0. The molecule has 0 aliphatic heterocycles. The van der Waals surface area contributed by atoms with Crippen LogP contribution in [-0.4, -0.2) is 23.9 Å². The maximum absolute atomic E-state index is 6.09. The normalized spacial score (nSPS) is 11.9. The van der Waals surface area contributed by atoms with Crippen LogP contribution in [-0.2, 0) is 9.47 Å². The zero-order valence-corrected chi connectivity index (χ0v) is 21.2. The molecule has 168 valence electrons. The molecule has 0 atom stereocenters. The third-order valence-electron chi connectivity index (χ3n) is 5.08. The molecule has 0 aromatic rings. The Labute approximate surface area is 190 Å². The van der Waals surface area contributed by atoms with Crippen LogP contribution in [0.2, 0.25) is 0 Å². The second-order valence-electron chi connectivity index (χ2n) is 7.94. The van der Waals surface area contributed by atoms with Gasteiger partial charge in [-0.2, -0.15) is 0 Å². The van der Waals surface area contributed by atoms with Crippen LogP contribution in [0.3, 0.4) is 0 Å². The fraction of sp³-hybridized carbons (Fsp3) is 0.920. The van der Waals surface area contributed by atoms with Gasteiger partial charge in [-0.15, -0.1) is 0 Å². The molecule has 0 saturated carbocycles. The number of unbranched alkanes of at least 4 members (excludes halogenated alkanes) is 12. The monoisotopic (exact) mass is 508 g/mol. The Balaban J connectivity index is 3.83. The molecule has 0 heterocycles. The lowest BCUT2D eigenvalue weighted by molar-refractivity contribution is -0.148. The third-order valence-corrected chi connectivity index (χ3v) is 5.85. The van der Waals surface area contributed by atoms with Gasteiger partial charge in [-0.3, -0.25) is 0 Å². The number of hydrogen-bond donors (Lipinski definition) is 0. The quantitative estimate of drug-likeness (QED) is 0.0451. The fourth-order valence-corrected chi connectivity index (χ4v) is 3.68. The number of allylic oxidation sites excluding steroid dienone is 2. The van der Waals surface area contributed by atoms with Crippen LogP contribution in [0.25, 0.3) is 0 Å². The lowest BCUT2D eigenvalue weighted by atomic mass is 10.1. The van der Waals surface area contributed by atoms with E-state index < -0.39 is 0 Å². The molecule has 0 bridgehead atoms. The van der Waals surface area contributed by atoms with Crippen LogP contribution in [0.1, 0.15) is 123 Å². The topological polar surface area (TPSA) is 18.5 Å². The van der Waals surface area contributed by atoms with E-state index in [9.17, 15) is 0 Å². The van der Waals surface area contributed by atoms with Crippen molar-refractivity contribution in [2.75, 3.05) is 17.6 Å². The van der Waals surface area contributed by atoms with Crippen molar-refractivity contribution in [1.29, 1.82) is 0 Å². The van der Waals surface area contributed by atoms with Gasteiger partial charge >= 0.3 is 0 Å². The average Bonchev–Trinajstić information content (AvgIpc) is 2.71. The summed E-state index contributed by atoms with van der Waals surface area (Å²) in [5.41, 5.74) is 0. The van der Waals surface area contributed by atoms with Gasteiger partial charge in [-0.1, -0.05) is 106 Å². The average molecular weight is 509 g/mol. The minimum atomic E-state index is 0.0246. The van der Waals surface area contributed by atoms with Crippen molar-refractivity contribution in [1.82, 2.24) is 0 Å². The summed E-state index contributed by atoms with van der Waals surface area (Å²) in [6, 6.07) is 0. The first kappa shape index (κ1) is 28.4. The molecule has 0 aromatic heterocycles. The minimum absolute atomic E-state index is 0.0246. The summed E-state index contributed by atoms with van der Waals surface area (Å²) in [6.07, 6.45) is 26.3. The highest BCUT2D eigenvalue weighted by Gasteiger charge is 2.09. The standard InChI is InChI=1S/C25H49IO2/c1-3-5-7-15-19-23-27-25(28-24-20-16-8-6-4-2)21-17-13-11-9-10-12-14-18-22-26/h10,12,25H,3-9,11,13-24H2,1-2H3/b12-10+. The second-order valence-corrected chi connectivity index (χ2v) is 9.02. The largest absolute Gasteiger partial charge is 0.353 e. The number of ether oxygens (including phenoxy) is 2. The molecule has 0 amide bonds. The first-order valence-corrected chi connectivity index (χ1v) is 13.8. The summed E-state index contributed by atoms with van der Waals surface area (Å²) in [5, 5.41) is 0. The molecule has 0 fully saturated rings. The third kappa shape index (κ3) is 22.7. The Morgan fingerprint density at radius 2 is 1.11 bits per heavy atom. The van der Waals surface area contributed by atoms with E-state index in [-0.39, 0.29) is 6.29 Å². The first-order chi connectivity index (χ1) is 13.8. The molecule has 0 radical (unpaired) electrons. The van der Waals surface area contributed by atoms with Gasteiger partial charge in [0.05, 0.1) is 0 Å². The molecule has 2 nitrogen and oxygen atoms in total. The number of hydrogen-bond acceptors (Lipinski definition) is 2. The predicted octanol–water partition coefficient (Wildman–Crippen LogP) is 9.01. The molecule has 0 aliphatic rings. The first-order valence-electron chi connectivity index (χ1n) is 12.3. The van der Waals surface area contributed by atoms with Crippen LogP contribution in [0, 0.1) is 0 Å². The van der Waals surface area contributed by atoms with Crippen molar-refractivity contribution < 1.29 is 9.47 Å². The minimum Gasteiger partial charge on any atom is -0.353 e. The van der Waals surface area contributed by atoms with Crippen molar-refractivity contribution in [2.24, 2.45) is 0 Å². The van der Waals surface area contributed by atoms with Gasteiger partial charge in [-0.05, 0) is 55.8 Å². The van der Waals surface area contributed by atoms with Gasteiger partial charge < -0.3 is 9.47 Å². The zero-order valence-electron chi connectivity index (χ0n) is 19.1. The lowest BCUT2D eigenvalue weighted by Gasteiger charge is -2.19. The summed E-state index contributed by atoms with van der Waals surface area (Å²) in [4.78, 5) is 0. The molecule has 0 spiro atoms. The summed E-state index contributed by atoms with van der Waals surface area (Å²) < 4.78 is 13.4. The van der Waals surface area contributed by atoms with E-state index in [1.54, 1.807) is 0 Å². The van der Waals surface area contributed by atoms with Crippen molar-refractivity contribution >= 4 is 22.6 Å². The molecule has 3 heteroatoms. The van der Waals surface area contributed by atoms with Crippen LogP contribution in [0.15, 0.2) is 12.2 Å². The molecule has 0 aromatic carbocycles. The SMILES string of the molecule is CCCCCCCOC(CCCCC/C=C/CCCI)OCCCCCCC. The Bertz CT molecular complexity index is 291. The van der Waals surface area contributed by atoms with Gasteiger partial charge in [0.2, 0.25) is 0 Å². The molecule has 0 N–H and O–H groups in total. The van der Waals surface area contributed by atoms with Crippen molar-refractivity contribution in [3.63, 3.8) is 0 Å². The molecule has 0 saturated heterocycles. The highest BCUT2D eigenvalue weighted by molar-refractivity contribution is 14.1. The highest BCUT2D eigenvalue weighted by atomic mass is 127. The Kier molecular flexibility index (Phi) is 25.8. The molecule has 0 aliphatic carbocycles. The van der Waals surface area contributed by atoms with E-state index in [0.717, 1.165) is 19.6 Å². The van der Waals surface area contributed by atoms with E-state index in [1.165, 1.54) is 107 Å². The van der Waals surface area contributed by atoms with Crippen LogP contribution >= 0.6 is 22.6 Å². The van der Waals surface area contributed by atoms with Gasteiger partial charge in [0, 0.05) is 13.2 Å². The fourth-order valence-electron chi connectivity index (χ4n) is 3.24. The van der Waals surface area contributed by atoms with Crippen LogP contribution in [0.5, 0.6) is 0 Å². The summed E-state index contributed by atoms with van der Waals surface area (Å²) >= 11 is 2.45. The highest BCUT2D eigenvalue weighted by Crippen LogP contribution is 2.13. The Morgan fingerprint density at radius 3 is 1.64 bits per heavy atom. The van der Waals surface area contributed by atoms with E-state index in [0.29, 0.717) is 0 Å². The maximum Gasteiger partial charge on any atom is 0.157 e. The van der Waals surface area contributed by atoms with Gasteiger partial charge in [0.25, 0.3) is 0 Å². The maximum atomic E-state index is 6.09. The molecular weight excluding hydrogens is 459 g/mol. The van der Waals surface area contributed by atoms with Gasteiger partial charge in [0.15, 0.2) is 6.29 Å². The summed E-state index contributed by atoms with van der Waals surface area (Å²) in [6.45, 7) is 6.26. The molecule has 0 rings (SSSR count). The van der Waals surface area contributed by atoms with Crippen molar-refractivity contribution in [3.8, 4) is 0 Å². The number of rotatable bonds is 23. The predicted molar refractivity (Wildman–Crippen MR) is 134 cm³/mol. The van der Waals surface area contributed by atoms with Crippen molar-refractivity contribution in [2.45, 2.75) is 129 Å². The van der Waals surface area contributed by atoms with E-state index in [1.807, 2.05) is 0 Å². The number of alkyl halides is 1. The zero-order chi connectivity index (χ0) is 20.5.